The van der Waals surface area contributed by atoms with Crippen molar-refractivity contribution in [2.75, 3.05) is 0 Å². The van der Waals surface area contributed by atoms with Crippen LogP contribution in [0.3, 0.4) is 0 Å². The fraction of sp³-hybridized carbons (Fsp3) is 0.800. The zero-order valence-corrected chi connectivity index (χ0v) is 6.98. The van der Waals surface area contributed by atoms with Gasteiger partial charge in [0.2, 0.25) is 0 Å². The lowest BCUT2D eigenvalue weighted by Gasteiger charge is -2.43. The Balaban J connectivity index is 2.15. The predicted molar refractivity (Wildman–Crippen MR) is 43.8 cm³/mol. The van der Waals surface area contributed by atoms with E-state index in [0.29, 0.717) is 5.41 Å². The second-order valence-electron chi connectivity index (χ2n) is 4.55. The Kier molecular flexibility index (Phi) is 1.21. The summed E-state index contributed by atoms with van der Waals surface area (Å²) < 4.78 is 0. The summed E-state index contributed by atoms with van der Waals surface area (Å²) in [5.74, 6) is 1.04. The van der Waals surface area contributed by atoms with Crippen molar-refractivity contribution in [1.29, 1.82) is 0 Å². The molecule has 0 radical (unpaired) electrons. The van der Waals surface area contributed by atoms with E-state index in [1.54, 1.807) is 5.57 Å². The van der Waals surface area contributed by atoms with Crippen LogP contribution >= 0.6 is 0 Å². The highest BCUT2D eigenvalue weighted by Gasteiger charge is 2.40. The molecule has 3 rings (SSSR count). The van der Waals surface area contributed by atoms with Gasteiger partial charge < -0.3 is 0 Å². The Morgan fingerprint density at radius 1 is 1.50 bits per heavy atom. The molecule has 0 aromatic rings. The van der Waals surface area contributed by atoms with Crippen molar-refractivity contribution in [3.8, 4) is 0 Å². The highest BCUT2D eigenvalue weighted by atomic mass is 14.5. The highest BCUT2D eigenvalue weighted by molar-refractivity contribution is 5.11. The van der Waals surface area contributed by atoms with Crippen molar-refractivity contribution in [3.63, 3.8) is 0 Å². The summed E-state index contributed by atoms with van der Waals surface area (Å²) in [5.41, 5.74) is 2.34. The van der Waals surface area contributed by atoms with Gasteiger partial charge in [-0.25, -0.2) is 0 Å². The van der Waals surface area contributed by atoms with E-state index in [1.807, 2.05) is 0 Å². The van der Waals surface area contributed by atoms with Crippen LogP contribution < -0.4 is 0 Å². The van der Waals surface area contributed by atoms with E-state index in [1.165, 1.54) is 25.7 Å². The number of rotatable bonds is 0. The Hall–Kier alpha value is -0.260. The Morgan fingerprint density at radius 2 is 2.20 bits per heavy atom. The lowest BCUT2D eigenvalue weighted by atomic mass is 9.62. The van der Waals surface area contributed by atoms with E-state index in [0.717, 1.165) is 5.92 Å². The van der Waals surface area contributed by atoms with Gasteiger partial charge in [0.15, 0.2) is 0 Å². The first-order valence-electron chi connectivity index (χ1n) is 4.34. The molecule has 0 aromatic carbocycles. The summed E-state index contributed by atoms with van der Waals surface area (Å²) in [4.78, 5) is 0. The van der Waals surface area contributed by atoms with Crippen LogP contribution in [-0.2, 0) is 0 Å². The van der Waals surface area contributed by atoms with Crippen LogP contribution in [0.25, 0.3) is 0 Å². The SMILES string of the molecule is CC1=CCC2CC(C)(C1)C2. The molecule has 56 valence electrons. The van der Waals surface area contributed by atoms with Crippen molar-refractivity contribution in [2.45, 2.75) is 39.5 Å². The van der Waals surface area contributed by atoms with Crippen LogP contribution in [0.15, 0.2) is 11.6 Å². The molecular weight excluding hydrogens is 120 g/mol. The molecule has 3 aliphatic carbocycles. The average molecular weight is 136 g/mol. The molecule has 0 nitrogen and oxygen atoms in total. The fourth-order valence-electron chi connectivity index (χ4n) is 2.76. The van der Waals surface area contributed by atoms with Crippen molar-refractivity contribution >= 4 is 0 Å². The monoisotopic (exact) mass is 136 g/mol. The van der Waals surface area contributed by atoms with Gasteiger partial charge in [0, 0.05) is 0 Å². The molecule has 10 heavy (non-hydrogen) atoms. The minimum Gasteiger partial charge on any atom is -0.0853 e. The second-order valence-corrected chi connectivity index (χ2v) is 4.55. The first kappa shape index (κ1) is 6.45. The lowest BCUT2D eigenvalue weighted by molar-refractivity contribution is 0.0852. The number of hydrogen-bond donors (Lipinski definition) is 0. The molecule has 3 aliphatic rings. The molecule has 2 bridgehead atoms. The van der Waals surface area contributed by atoms with Gasteiger partial charge in [0.1, 0.15) is 0 Å². The van der Waals surface area contributed by atoms with E-state index < -0.39 is 0 Å². The second kappa shape index (κ2) is 1.87. The third-order valence-corrected chi connectivity index (χ3v) is 3.07. The first-order valence-corrected chi connectivity index (χ1v) is 4.34. The Labute approximate surface area is 63.3 Å². The molecule has 0 unspecified atom stereocenters. The predicted octanol–water partition coefficient (Wildman–Crippen LogP) is 3.14. The molecule has 0 amide bonds. The molecule has 0 N–H and O–H groups in total. The van der Waals surface area contributed by atoms with Crippen LogP contribution in [0.1, 0.15) is 39.5 Å². The molecule has 1 fully saturated rings. The molecule has 0 heteroatoms. The van der Waals surface area contributed by atoms with Crippen LogP contribution in [-0.4, -0.2) is 0 Å². The fourth-order valence-corrected chi connectivity index (χ4v) is 2.76. The summed E-state index contributed by atoms with van der Waals surface area (Å²) in [6.45, 7) is 4.72. The number of allylic oxidation sites excluding steroid dienone is 2. The number of fused-ring (bicyclic) bond motifs is 2. The highest BCUT2D eigenvalue weighted by Crippen LogP contribution is 2.52. The van der Waals surface area contributed by atoms with E-state index >= 15 is 0 Å². The van der Waals surface area contributed by atoms with Gasteiger partial charge in [0.25, 0.3) is 0 Å². The van der Waals surface area contributed by atoms with Crippen LogP contribution in [0.5, 0.6) is 0 Å². The van der Waals surface area contributed by atoms with Crippen molar-refractivity contribution in [1.82, 2.24) is 0 Å². The van der Waals surface area contributed by atoms with E-state index in [9.17, 15) is 0 Å². The van der Waals surface area contributed by atoms with Crippen LogP contribution in [0, 0.1) is 11.3 Å². The van der Waals surface area contributed by atoms with Crippen LogP contribution in [0.4, 0.5) is 0 Å². The Morgan fingerprint density at radius 3 is 2.90 bits per heavy atom. The topological polar surface area (TPSA) is 0 Å². The summed E-state index contributed by atoms with van der Waals surface area (Å²) in [6.07, 6.45) is 8.15. The maximum absolute atomic E-state index is 2.45. The zero-order valence-electron chi connectivity index (χ0n) is 6.98. The molecule has 0 atom stereocenters. The molecular formula is C10H16. The summed E-state index contributed by atoms with van der Waals surface area (Å²) in [6, 6.07) is 0. The van der Waals surface area contributed by atoms with Crippen molar-refractivity contribution < 1.29 is 0 Å². The lowest BCUT2D eigenvalue weighted by Crippen LogP contribution is -2.32. The van der Waals surface area contributed by atoms with Crippen molar-refractivity contribution in [2.24, 2.45) is 11.3 Å². The zero-order chi connectivity index (χ0) is 7.19. The van der Waals surface area contributed by atoms with Gasteiger partial charge in [0.05, 0.1) is 0 Å². The van der Waals surface area contributed by atoms with Gasteiger partial charge in [-0.1, -0.05) is 18.6 Å². The minimum absolute atomic E-state index is 0.710. The molecule has 0 saturated heterocycles. The third kappa shape index (κ3) is 0.902. The molecule has 0 aromatic heterocycles. The van der Waals surface area contributed by atoms with Crippen LogP contribution in [0.2, 0.25) is 0 Å². The quantitative estimate of drug-likeness (QED) is 0.449. The largest absolute Gasteiger partial charge is 0.0853 e. The maximum atomic E-state index is 2.45. The molecule has 0 heterocycles. The van der Waals surface area contributed by atoms with Gasteiger partial charge >= 0.3 is 0 Å². The minimum atomic E-state index is 0.710. The van der Waals surface area contributed by atoms with E-state index in [4.69, 9.17) is 0 Å². The average Bonchev–Trinajstić information content (AvgIpc) is 1.94. The third-order valence-electron chi connectivity index (χ3n) is 3.07. The van der Waals surface area contributed by atoms with Crippen molar-refractivity contribution in [3.05, 3.63) is 11.6 Å². The van der Waals surface area contributed by atoms with Gasteiger partial charge in [-0.3, -0.25) is 0 Å². The molecule has 0 aliphatic heterocycles. The normalized spacial score (nSPS) is 45.4. The standard InChI is InChI=1S/C10H16/c1-8-3-4-9-6-10(2,5-8)7-9/h3,9H,4-7H2,1-2H3. The van der Waals surface area contributed by atoms with Gasteiger partial charge in [-0.05, 0) is 43.9 Å². The Bertz CT molecular complexity index is 170. The number of hydrogen-bond acceptors (Lipinski definition) is 0. The van der Waals surface area contributed by atoms with Gasteiger partial charge in [-0.2, -0.15) is 0 Å². The smallest absolute Gasteiger partial charge is 0.0269 e. The first-order chi connectivity index (χ1) is 4.68. The summed E-state index contributed by atoms with van der Waals surface area (Å²) in [7, 11) is 0. The molecule has 0 spiro atoms. The van der Waals surface area contributed by atoms with Gasteiger partial charge in [-0.15, -0.1) is 0 Å². The summed E-state index contributed by atoms with van der Waals surface area (Å²) in [5, 5.41) is 0. The maximum Gasteiger partial charge on any atom is -0.0269 e. The molecule has 1 saturated carbocycles. The van der Waals surface area contributed by atoms with E-state index in [2.05, 4.69) is 19.9 Å². The van der Waals surface area contributed by atoms with E-state index in [-0.39, 0.29) is 0 Å². The summed E-state index contributed by atoms with van der Waals surface area (Å²) >= 11 is 0.